The summed E-state index contributed by atoms with van der Waals surface area (Å²) in [5.74, 6) is 0. The van der Waals surface area contributed by atoms with Gasteiger partial charge in [-0.2, -0.15) is 0 Å². The Bertz CT molecular complexity index is 449. The van der Waals surface area contributed by atoms with Crippen LogP contribution in [0.3, 0.4) is 0 Å². The number of thioether (sulfide) groups is 1. The highest BCUT2D eigenvalue weighted by molar-refractivity contribution is 8.15. The fourth-order valence-corrected chi connectivity index (χ4v) is 3.51. The largest absolute Gasteiger partial charge is 0.372 e. The van der Waals surface area contributed by atoms with E-state index in [9.17, 15) is 0 Å². The summed E-state index contributed by atoms with van der Waals surface area (Å²) in [5, 5.41) is 5.15. The summed E-state index contributed by atoms with van der Waals surface area (Å²) in [4.78, 5) is 7.00. The van der Waals surface area contributed by atoms with Crippen LogP contribution in [0.2, 0.25) is 0 Å². The van der Waals surface area contributed by atoms with Crippen LogP contribution in [0.15, 0.2) is 29.3 Å². The lowest BCUT2D eigenvalue weighted by atomic mass is 10.2. The third-order valence-corrected chi connectivity index (χ3v) is 5.03. The van der Waals surface area contributed by atoms with Crippen molar-refractivity contribution in [3.63, 3.8) is 0 Å². The molecule has 2 aliphatic rings. The molecule has 3 rings (SSSR count). The van der Waals surface area contributed by atoms with Crippen LogP contribution in [0.25, 0.3) is 0 Å². The van der Waals surface area contributed by atoms with Gasteiger partial charge in [-0.05, 0) is 43.5 Å². The van der Waals surface area contributed by atoms with Crippen molar-refractivity contribution >= 4 is 28.3 Å². The summed E-state index contributed by atoms with van der Waals surface area (Å²) >= 11 is 1.86. The standard InChI is InChI=1S/C15H21N3S/c1-2-14-11-16-15(19-14)17-12-5-7-13(8-6-12)18-9-3-4-10-18/h5-8,14H,2-4,9-11H2,1H3,(H,16,17). The van der Waals surface area contributed by atoms with E-state index in [1.807, 2.05) is 11.8 Å². The van der Waals surface area contributed by atoms with Gasteiger partial charge in [0.1, 0.15) is 0 Å². The minimum absolute atomic E-state index is 0.659. The highest BCUT2D eigenvalue weighted by Crippen LogP contribution is 2.26. The van der Waals surface area contributed by atoms with Crippen molar-refractivity contribution in [1.82, 2.24) is 0 Å². The molecule has 0 bridgehead atoms. The minimum atomic E-state index is 0.659. The van der Waals surface area contributed by atoms with Gasteiger partial charge in [-0.1, -0.05) is 18.7 Å². The second-order valence-corrected chi connectivity index (χ2v) is 6.45. The molecule has 1 aromatic carbocycles. The molecule has 0 amide bonds. The van der Waals surface area contributed by atoms with Crippen molar-refractivity contribution < 1.29 is 0 Å². The van der Waals surface area contributed by atoms with E-state index >= 15 is 0 Å². The maximum atomic E-state index is 4.54. The predicted molar refractivity (Wildman–Crippen MR) is 85.5 cm³/mol. The SMILES string of the molecule is CCC1CN=C(Nc2ccc(N3CCCC3)cc2)S1. The first-order chi connectivity index (χ1) is 9.35. The molecule has 102 valence electrons. The molecule has 2 aliphatic heterocycles. The molecule has 4 heteroatoms. The normalized spacial score (nSPS) is 22.7. The Labute approximate surface area is 119 Å². The molecule has 1 atom stereocenters. The van der Waals surface area contributed by atoms with Crippen molar-refractivity contribution in [3.8, 4) is 0 Å². The molecule has 1 aromatic rings. The Morgan fingerprint density at radius 1 is 1.26 bits per heavy atom. The third kappa shape index (κ3) is 3.06. The fourth-order valence-electron chi connectivity index (χ4n) is 2.55. The van der Waals surface area contributed by atoms with Crippen molar-refractivity contribution in [2.75, 3.05) is 29.9 Å². The fraction of sp³-hybridized carbons (Fsp3) is 0.533. The third-order valence-electron chi connectivity index (χ3n) is 3.76. The lowest BCUT2D eigenvalue weighted by molar-refractivity contribution is 0.843. The summed E-state index contributed by atoms with van der Waals surface area (Å²) in [5.41, 5.74) is 2.49. The van der Waals surface area contributed by atoms with Gasteiger partial charge in [-0.15, -0.1) is 0 Å². The highest BCUT2D eigenvalue weighted by atomic mass is 32.2. The van der Waals surface area contributed by atoms with E-state index in [-0.39, 0.29) is 0 Å². The second-order valence-electron chi connectivity index (χ2n) is 5.16. The molecular formula is C15H21N3S. The van der Waals surface area contributed by atoms with E-state index in [1.165, 1.54) is 38.0 Å². The average molecular weight is 275 g/mol. The van der Waals surface area contributed by atoms with E-state index < -0.39 is 0 Å². The number of anilines is 2. The topological polar surface area (TPSA) is 27.6 Å². The van der Waals surface area contributed by atoms with Crippen LogP contribution < -0.4 is 10.2 Å². The number of benzene rings is 1. The lowest BCUT2D eigenvalue weighted by Gasteiger charge is -2.18. The zero-order valence-electron chi connectivity index (χ0n) is 11.4. The van der Waals surface area contributed by atoms with Gasteiger partial charge in [0.25, 0.3) is 0 Å². The Balaban J connectivity index is 1.60. The molecule has 0 radical (unpaired) electrons. The minimum Gasteiger partial charge on any atom is -0.372 e. The molecule has 1 N–H and O–H groups in total. The maximum Gasteiger partial charge on any atom is 0.161 e. The predicted octanol–water partition coefficient (Wildman–Crippen LogP) is 3.58. The molecular weight excluding hydrogens is 254 g/mol. The maximum absolute atomic E-state index is 4.54. The van der Waals surface area contributed by atoms with E-state index in [2.05, 4.69) is 46.4 Å². The summed E-state index contributed by atoms with van der Waals surface area (Å²) in [7, 11) is 0. The van der Waals surface area contributed by atoms with Crippen molar-refractivity contribution in [2.45, 2.75) is 31.4 Å². The van der Waals surface area contributed by atoms with Crippen molar-refractivity contribution in [2.24, 2.45) is 4.99 Å². The van der Waals surface area contributed by atoms with Gasteiger partial charge in [0.15, 0.2) is 5.17 Å². The molecule has 0 saturated carbocycles. The number of nitrogens with zero attached hydrogens (tertiary/aromatic N) is 2. The number of rotatable bonds is 3. The van der Waals surface area contributed by atoms with Gasteiger partial charge in [0.05, 0.1) is 6.54 Å². The van der Waals surface area contributed by atoms with Gasteiger partial charge in [-0.3, -0.25) is 4.99 Å². The number of hydrogen-bond donors (Lipinski definition) is 1. The quantitative estimate of drug-likeness (QED) is 0.913. The zero-order chi connectivity index (χ0) is 13.1. The average Bonchev–Trinajstić information content (AvgIpc) is 3.10. The molecule has 1 fully saturated rings. The Hall–Kier alpha value is -1.16. The molecule has 2 heterocycles. The smallest absolute Gasteiger partial charge is 0.161 e. The van der Waals surface area contributed by atoms with Crippen LogP contribution >= 0.6 is 11.8 Å². The van der Waals surface area contributed by atoms with Crippen molar-refractivity contribution in [3.05, 3.63) is 24.3 Å². The van der Waals surface area contributed by atoms with Gasteiger partial charge in [0, 0.05) is 29.7 Å². The van der Waals surface area contributed by atoms with E-state index in [0.717, 1.165) is 17.4 Å². The number of amidine groups is 1. The number of nitrogens with one attached hydrogen (secondary N) is 1. The van der Waals surface area contributed by atoms with Gasteiger partial charge >= 0.3 is 0 Å². The first-order valence-electron chi connectivity index (χ1n) is 7.18. The van der Waals surface area contributed by atoms with Crippen LogP contribution in [-0.4, -0.2) is 30.1 Å². The van der Waals surface area contributed by atoms with Crippen LogP contribution in [0, 0.1) is 0 Å². The molecule has 19 heavy (non-hydrogen) atoms. The van der Waals surface area contributed by atoms with Crippen LogP contribution in [0.1, 0.15) is 26.2 Å². The van der Waals surface area contributed by atoms with Gasteiger partial charge in [0.2, 0.25) is 0 Å². The summed E-state index contributed by atoms with van der Waals surface area (Å²) in [6.45, 7) is 5.58. The number of aliphatic imine (C=N–C) groups is 1. The molecule has 1 unspecified atom stereocenters. The molecule has 0 spiro atoms. The van der Waals surface area contributed by atoms with Crippen LogP contribution in [0.5, 0.6) is 0 Å². The molecule has 1 saturated heterocycles. The second kappa shape index (κ2) is 5.87. The Kier molecular flexibility index (Phi) is 3.97. The first-order valence-corrected chi connectivity index (χ1v) is 8.06. The van der Waals surface area contributed by atoms with E-state index in [1.54, 1.807) is 0 Å². The summed E-state index contributed by atoms with van der Waals surface area (Å²) < 4.78 is 0. The van der Waals surface area contributed by atoms with Gasteiger partial charge in [-0.25, -0.2) is 0 Å². The van der Waals surface area contributed by atoms with Crippen LogP contribution in [0.4, 0.5) is 11.4 Å². The molecule has 0 aliphatic carbocycles. The lowest BCUT2D eigenvalue weighted by Crippen LogP contribution is -2.17. The monoisotopic (exact) mass is 275 g/mol. The zero-order valence-corrected chi connectivity index (χ0v) is 12.2. The van der Waals surface area contributed by atoms with Crippen molar-refractivity contribution in [1.29, 1.82) is 0 Å². The van der Waals surface area contributed by atoms with Gasteiger partial charge < -0.3 is 10.2 Å². The summed E-state index contributed by atoms with van der Waals surface area (Å²) in [6, 6.07) is 8.75. The Morgan fingerprint density at radius 2 is 2.00 bits per heavy atom. The Morgan fingerprint density at radius 3 is 2.63 bits per heavy atom. The highest BCUT2D eigenvalue weighted by Gasteiger charge is 2.17. The van der Waals surface area contributed by atoms with E-state index in [4.69, 9.17) is 0 Å². The summed E-state index contributed by atoms with van der Waals surface area (Å²) in [6.07, 6.45) is 3.84. The van der Waals surface area contributed by atoms with E-state index in [0.29, 0.717) is 5.25 Å². The molecule has 3 nitrogen and oxygen atoms in total. The van der Waals surface area contributed by atoms with Crippen LogP contribution in [-0.2, 0) is 0 Å². The first kappa shape index (κ1) is 12.9. The molecule has 0 aromatic heterocycles. The number of hydrogen-bond acceptors (Lipinski definition) is 4.